The first kappa shape index (κ1) is 23.4. The number of amides is 1. The summed E-state index contributed by atoms with van der Waals surface area (Å²) in [5.41, 5.74) is 6.24. The lowest BCUT2D eigenvalue weighted by molar-refractivity contribution is -0.106. The SMILES string of the molecule is CCOc1cncc(-c2cc(F)c(Cc3cc(NSC4CC4)ccn3)cc2F)n1.NC=O. The fourth-order valence-corrected chi connectivity index (χ4v) is 3.59. The number of nitrogens with zero attached hydrogens (tertiary/aromatic N) is 3. The Morgan fingerprint density at radius 1 is 1.25 bits per heavy atom. The Labute approximate surface area is 189 Å². The monoisotopic (exact) mass is 459 g/mol. The van der Waals surface area contributed by atoms with Crippen molar-refractivity contribution in [3.8, 4) is 17.1 Å². The molecule has 3 N–H and O–H groups in total. The maximum Gasteiger partial charge on any atom is 0.232 e. The van der Waals surface area contributed by atoms with Gasteiger partial charge in [-0.1, -0.05) is 0 Å². The van der Waals surface area contributed by atoms with Crippen LogP contribution in [-0.2, 0) is 11.2 Å². The Kier molecular flexibility index (Phi) is 8.32. The van der Waals surface area contributed by atoms with Crippen molar-refractivity contribution in [2.75, 3.05) is 11.3 Å². The predicted molar refractivity (Wildman–Crippen MR) is 120 cm³/mol. The smallest absolute Gasteiger partial charge is 0.232 e. The molecule has 10 heteroatoms. The fraction of sp³-hybridized carbons (Fsp3) is 0.273. The molecule has 168 valence electrons. The van der Waals surface area contributed by atoms with Gasteiger partial charge >= 0.3 is 0 Å². The van der Waals surface area contributed by atoms with Crippen LogP contribution < -0.4 is 15.2 Å². The van der Waals surface area contributed by atoms with Gasteiger partial charge in [0.05, 0.1) is 24.7 Å². The number of benzene rings is 1. The third kappa shape index (κ3) is 6.61. The van der Waals surface area contributed by atoms with Crippen LogP contribution in [0.1, 0.15) is 31.0 Å². The lowest BCUT2D eigenvalue weighted by Gasteiger charge is -2.10. The van der Waals surface area contributed by atoms with E-state index in [0.717, 1.165) is 11.8 Å². The van der Waals surface area contributed by atoms with E-state index in [4.69, 9.17) is 9.53 Å². The molecule has 1 aromatic carbocycles. The van der Waals surface area contributed by atoms with Crippen molar-refractivity contribution in [3.63, 3.8) is 0 Å². The van der Waals surface area contributed by atoms with Crippen molar-refractivity contribution in [2.24, 2.45) is 5.73 Å². The zero-order valence-corrected chi connectivity index (χ0v) is 18.2. The number of pyridine rings is 1. The number of carbonyl (C=O) groups is 1. The lowest BCUT2D eigenvalue weighted by atomic mass is 10.0. The van der Waals surface area contributed by atoms with E-state index in [1.54, 1.807) is 18.1 Å². The summed E-state index contributed by atoms with van der Waals surface area (Å²) >= 11 is 1.69. The number of hydrogen-bond donors (Lipinski definition) is 2. The average Bonchev–Trinajstić information content (AvgIpc) is 3.61. The normalized spacial score (nSPS) is 12.5. The zero-order valence-electron chi connectivity index (χ0n) is 17.4. The molecular formula is C22H23F2N5O2S. The van der Waals surface area contributed by atoms with E-state index >= 15 is 0 Å². The Hall–Kier alpha value is -3.27. The third-order valence-corrected chi connectivity index (χ3v) is 5.53. The third-order valence-electron chi connectivity index (χ3n) is 4.37. The van der Waals surface area contributed by atoms with Gasteiger partial charge in [-0.05, 0) is 61.5 Å². The number of hydrogen-bond acceptors (Lipinski definition) is 7. The number of carbonyl (C=O) groups excluding carboxylic acids is 1. The van der Waals surface area contributed by atoms with Crippen LogP contribution in [0, 0.1) is 11.6 Å². The van der Waals surface area contributed by atoms with E-state index in [1.165, 1.54) is 31.3 Å². The Balaban J connectivity index is 0.000000913. The van der Waals surface area contributed by atoms with Crippen LogP contribution in [0.25, 0.3) is 11.3 Å². The van der Waals surface area contributed by atoms with Gasteiger partial charge in [-0.25, -0.2) is 13.8 Å². The van der Waals surface area contributed by atoms with E-state index in [-0.39, 0.29) is 35.5 Å². The van der Waals surface area contributed by atoms with E-state index < -0.39 is 11.6 Å². The molecule has 0 unspecified atom stereocenters. The quantitative estimate of drug-likeness (QED) is 0.386. The molecule has 1 aliphatic rings. The molecule has 3 aromatic rings. The lowest BCUT2D eigenvalue weighted by Crippen LogP contribution is -2.01. The minimum absolute atomic E-state index is 0.0458. The first-order valence-electron chi connectivity index (χ1n) is 9.99. The maximum absolute atomic E-state index is 14.7. The molecule has 1 saturated carbocycles. The first-order chi connectivity index (χ1) is 15.5. The molecule has 1 fully saturated rings. The van der Waals surface area contributed by atoms with Crippen LogP contribution in [0.2, 0.25) is 0 Å². The molecule has 0 radical (unpaired) electrons. The highest BCUT2D eigenvalue weighted by Gasteiger charge is 2.22. The van der Waals surface area contributed by atoms with Crippen molar-refractivity contribution >= 4 is 24.0 Å². The highest BCUT2D eigenvalue weighted by molar-refractivity contribution is 8.01. The molecule has 0 saturated heterocycles. The summed E-state index contributed by atoms with van der Waals surface area (Å²) in [7, 11) is 0. The largest absolute Gasteiger partial charge is 0.477 e. The Morgan fingerprint density at radius 3 is 2.75 bits per heavy atom. The van der Waals surface area contributed by atoms with E-state index in [9.17, 15) is 8.78 Å². The van der Waals surface area contributed by atoms with Crippen molar-refractivity contribution in [1.29, 1.82) is 0 Å². The van der Waals surface area contributed by atoms with E-state index in [2.05, 4.69) is 25.4 Å². The van der Waals surface area contributed by atoms with Crippen molar-refractivity contribution < 1.29 is 18.3 Å². The van der Waals surface area contributed by atoms with Gasteiger partial charge < -0.3 is 15.2 Å². The van der Waals surface area contributed by atoms with Gasteiger partial charge in [-0.3, -0.25) is 14.8 Å². The molecule has 0 spiro atoms. The summed E-state index contributed by atoms with van der Waals surface area (Å²) < 4.78 is 38.0. The molecule has 4 rings (SSSR count). The maximum atomic E-state index is 14.7. The first-order valence-corrected chi connectivity index (χ1v) is 10.9. The molecule has 0 bridgehead atoms. The highest BCUT2D eigenvalue weighted by atomic mass is 32.2. The number of ether oxygens (including phenoxy) is 1. The predicted octanol–water partition coefficient (Wildman–Crippen LogP) is 4.13. The van der Waals surface area contributed by atoms with Gasteiger partial charge in [0.25, 0.3) is 0 Å². The number of nitrogens with two attached hydrogens (primary N) is 1. The second kappa shape index (κ2) is 11.4. The van der Waals surface area contributed by atoms with Gasteiger partial charge in [0.1, 0.15) is 11.6 Å². The van der Waals surface area contributed by atoms with E-state index in [1.807, 2.05) is 19.1 Å². The van der Waals surface area contributed by atoms with Crippen molar-refractivity contribution in [1.82, 2.24) is 15.0 Å². The molecular weight excluding hydrogens is 436 g/mol. The molecule has 0 aliphatic heterocycles. The second-order valence-corrected chi connectivity index (χ2v) is 7.97. The Bertz CT molecular complexity index is 1070. The topological polar surface area (TPSA) is 103 Å². The standard InChI is InChI=1S/C21H20F2N4OS.CH3NO/c1-2-28-21-12-24-11-20(26-21)17-10-18(22)13(8-19(17)23)7-15-9-14(5-6-25-15)27-29-16-3-4-16;2-1-3/h5-6,8-12,16H,2-4,7H2,1H3,(H,25,27);1H,(H2,2,3). The van der Waals surface area contributed by atoms with Crippen LogP contribution in [0.4, 0.5) is 14.5 Å². The number of aromatic nitrogens is 3. The molecule has 2 heterocycles. The van der Waals surface area contributed by atoms with Crippen LogP contribution in [-0.4, -0.2) is 33.2 Å². The molecule has 1 amide bonds. The van der Waals surface area contributed by atoms with Crippen LogP contribution in [0.5, 0.6) is 5.88 Å². The number of nitrogens with one attached hydrogen (secondary N) is 1. The zero-order chi connectivity index (χ0) is 22.9. The van der Waals surface area contributed by atoms with Gasteiger partial charge in [-0.2, -0.15) is 0 Å². The number of rotatable bonds is 8. The minimum atomic E-state index is -0.567. The highest BCUT2D eigenvalue weighted by Crippen LogP contribution is 2.34. The Morgan fingerprint density at radius 2 is 2.03 bits per heavy atom. The average molecular weight is 460 g/mol. The molecule has 7 nitrogen and oxygen atoms in total. The summed E-state index contributed by atoms with van der Waals surface area (Å²) in [6.45, 7) is 2.22. The van der Waals surface area contributed by atoms with Gasteiger partial charge in [0.15, 0.2) is 0 Å². The second-order valence-electron chi connectivity index (χ2n) is 6.87. The van der Waals surface area contributed by atoms with Crippen molar-refractivity contribution in [3.05, 3.63) is 65.7 Å². The summed E-state index contributed by atoms with van der Waals surface area (Å²) in [6, 6.07) is 6.07. The number of anilines is 1. The summed E-state index contributed by atoms with van der Waals surface area (Å²) in [5.74, 6) is -0.813. The van der Waals surface area contributed by atoms with Crippen LogP contribution >= 0.6 is 11.9 Å². The van der Waals surface area contributed by atoms with E-state index in [0.29, 0.717) is 17.6 Å². The van der Waals surface area contributed by atoms with Crippen molar-refractivity contribution in [2.45, 2.75) is 31.4 Å². The van der Waals surface area contributed by atoms with Crippen LogP contribution in [0.3, 0.4) is 0 Å². The molecule has 0 atom stereocenters. The van der Waals surface area contributed by atoms with Gasteiger partial charge in [0.2, 0.25) is 12.3 Å². The molecule has 1 aliphatic carbocycles. The number of halogens is 2. The van der Waals surface area contributed by atoms with Gasteiger partial charge in [-0.15, -0.1) is 0 Å². The molecule has 32 heavy (non-hydrogen) atoms. The summed E-state index contributed by atoms with van der Waals surface area (Å²) in [5, 5.41) is 0.662. The summed E-state index contributed by atoms with van der Waals surface area (Å²) in [6.07, 6.45) is 7.38. The van der Waals surface area contributed by atoms with Gasteiger partial charge in [0, 0.05) is 34.8 Å². The number of primary amides is 1. The minimum Gasteiger partial charge on any atom is -0.477 e. The summed E-state index contributed by atoms with van der Waals surface area (Å²) in [4.78, 5) is 21.0. The van der Waals surface area contributed by atoms with Crippen LogP contribution in [0.15, 0.2) is 42.9 Å². The fourth-order valence-electron chi connectivity index (χ4n) is 2.79. The molecule has 2 aromatic heterocycles.